The number of likely N-dealkylation sites (tertiary alicyclic amines) is 1. The van der Waals surface area contributed by atoms with Crippen molar-refractivity contribution in [1.29, 1.82) is 0 Å². The Hall–Kier alpha value is -2.82. The molecule has 2 unspecified atom stereocenters. The van der Waals surface area contributed by atoms with Gasteiger partial charge in [0.2, 0.25) is 0 Å². The molecule has 2 aromatic carbocycles. The molecule has 0 spiro atoms. The van der Waals surface area contributed by atoms with E-state index in [1.165, 1.54) is 6.42 Å². The van der Waals surface area contributed by atoms with Crippen LogP contribution >= 0.6 is 0 Å². The number of hydrogen-bond donors (Lipinski definition) is 1. The zero-order chi connectivity index (χ0) is 21.1. The number of carboxylic acids is 1. The van der Waals surface area contributed by atoms with Gasteiger partial charge in [-0.2, -0.15) is 0 Å². The highest BCUT2D eigenvalue weighted by molar-refractivity contribution is 6.05. The van der Waals surface area contributed by atoms with Gasteiger partial charge in [0.05, 0.1) is 12.7 Å². The van der Waals surface area contributed by atoms with E-state index in [2.05, 4.69) is 0 Å². The lowest BCUT2D eigenvalue weighted by atomic mass is 9.82. The molecule has 1 saturated heterocycles. The molecule has 1 saturated carbocycles. The zero-order valence-corrected chi connectivity index (χ0v) is 17.4. The van der Waals surface area contributed by atoms with Crippen molar-refractivity contribution in [3.63, 3.8) is 0 Å². The van der Waals surface area contributed by atoms with Gasteiger partial charge in [-0.3, -0.25) is 4.79 Å². The van der Waals surface area contributed by atoms with Crippen molar-refractivity contribution in [2.24, 2.45) is 5.92 Å². The molecule has 1 heterocycles. The first-order chi connectivity index (χ1) is 14.6. The summed E-state index contributed by atoms with van der Waals surface area (Å²) in [6, 6.07) is 14.5. The average molecular weight is 408 g/mol. The van der Waals surface area contributed by atoms with Crippen LogP contribution in [0, 0.1) is 5.92 Å². The Morgan fingerprint density at radius 1 is 0.933 bits per heavy atom. The average Bonchev–Trinajstić information content (AvgIpc) is 3.25. The van der Waals surface area contributed by atoms with Gasteiger partial charge in [0.25, 0.3) is 5.91 Å². The van der Waals surface area contributed by atoms with Gasteiger partial charge in [0, 0.05) is 6.04 Å². The molecule has 30 heavy (non-hydrogen) atoms. The number of carbonyl (C=O) groups is 2. The van der Waals surface area contributed by atoms with E-state index in [1.807, 2.05) is 42.5 Å². The molecule has 2 fully saturated rings. The van der Waals surface area contributed by atoms with Crippen LogP contribution in [-0.2, 0) is 4.79 Å². The Kier molecular flexibility index (Phi) is 6.07. The van der Waals surface area contributed by atoms with Crippen LogP contribution in [0.2, 0.25) is 0 Å². The lowest BCUT2D eigenvalue weighted by Gasteiger charge is -2.36. The number of nitrogens with zero attached hydrogens (tertiary/aromatic N) is 1. The Morgan fingerprint density at radius 2 is 1.67 bits per heavy atom. The van der Waals surface area contributed by atoms with Crippen LogP contribution in [0.15, 0.2) is 48.5 Å². The summed E-state index contributed by atoms with van der Waals surface area (Å²) >= 11 is 0. The first-order valence-corrected chi connectivity index (χ1v) is 10.9. The van der Waals surface area contributed by atoms with Crippen molar-refractivity contribution in [2.75, 3.05) is 7.11 Å². The number of aliphatic carboxylic acids is 1. The first kappa shape index (κ1) is 20.5. The van der Waals surface area contributed by atoms with Gasteiger partial charge in [0.1, 0.15) is 11.8 Å². The minimum absolute atomic E-state index is 0.0209. The van der Waals surface area contributed by atoms with Gasteiger partial charge in [-0.15, -0.1) is 0 Å². The van der Waals surface area contributed by atoms with Crippen LogP contribution in [0.1, 0.15) is 55.3 Å². The van der Waals surface area contributed by atoms with Crippen molar-refractivity contribution in [3.8, 4) is 16.9 Å². The molecule has 2 atom stereocenters. The number of methoxy groups -OCH3 is 1. The second-order valence-corrected chi connectivity index (χ2v) is 8.36. The summed E-state index contributed by atoms with van der Waals surface area (Å²) < 4.78 is 5.57. The van der Waals surface area contributed by atoms with Crippen molar-refractivity contribution >= 4 is 11.9 Å². The topological polar surface area (TPSA) is 66.8 Å². The third kappa shape index (κ3) is 3.81. The summed E-state index contributed by atoms with van der Waals surface area (Å²) in [5, 5.41) is 9.88. The van der Waals surface area contributed by atoms with Crippen molar-refractivity contribution in [1.82, 2.24) is 4.90 Å². The summed E-state index contributed by atoms with van der Waals surface area (Å²) in [5.41, 5.74) is 2.15. The van der Waals surface area contributed by atoms with E-state index in [1.54, 1.807) is 18.1 Å². The largest absolute Gasteiger partial charge is 0.496 e. The summed E-state index contributed by atoms with van der Waals surface area (Å²) in [4.78, 5) is 27.7. The van der Waals surface area contributed by atoms with Crippen LogP contribution in [-0.4, -0.2) is 41.1 Å². The first-order valence-electron chi connectivity index (χ1n) is 10.9. The van der Waals surface area contributed by atoms with E-state index in [9.17, 15) is 14.7 Å². The van der Waals surface area contributed by atoms with Gasteiger partial charge in [0.15, 0.2) is 0 Å². The summed E-state index contributed by atoms with van der Waals surface area (Å²) in [5.74, 6) is -0.286. The second kappa shape index (κ2) is 8.90. The van der Waals surface area contributed by atoms with Gasteiger partial charge >= 0.3 is 5.97 Å². The summed E-state index contributed by atoms with van der Waals surface area (Å²) in [7, 11) is 1.55. The highest BCUT2D eigenvalue weighted by atomic mass is 16.5. The van der Waals surface area contributed by atoms with Crippen molar-refractivity contribution < 1.29 is 19.4 Å². The molecule has 4 rings (SSSR count). The van der Waals surface area contributed by atoms with Crippen molar-refractivity contribution in [3.05, 3.63) is 54.1 Å². The SMILES string of the molecule is COc1cccc(-c2ccccc2)c1C(=O)N1C(C(=O)O)CCC1C1CCCCC1. The second-order valence-electron chi connectivity index (χ2n) is 8.36. The number of carbonyl (C=O) groups excluding carboxylic acids is 1. The highest BCUT2D eigenvalue weighted by Gasteiger charge is 2.45. The van der Waals surface area contributed by atoms with Crippen LogP contribution in [0.4, 0.5) is 0 Å². The summed E-state index contributed by atoms with van der Waals surface area (Å²) in [6.45, 7) is 0. The molecule has 0 aromatic heterocycles. The Labute approximate surface area is 177 Å². The van der Waals surface area contributed by atoms with Gasteiger partial charge < -0.3 is 14.7 Å². The molecule has 1 aliphatic carbocycles. The van der Waals surface area contributed by atoms with E-state index in [0.29, 0.717) is 23.7 Å². The third-order valence-corrected chi connectivity index (χ3v) is 6.69. The number of hydrogen-bond acceptors (Lipinski definition) is 3. The van der Waals surface area contributed by atoms with Crippen LogP contribution in [0.5, 0.6) is 5.75 Å². The molecule has 1 N–H and O–H groups in total. The Balaban J connectivity index is 1.78. The van der Waals surface area contributed by atoms with E-state index >= 15 is 0 Å². The molecule has 0 radical (unpaired) electrons. The number of rotatable bonds is 5. The number of ether oxygens (including phenoxy) is 1. The molecule has 158 valence electrons. The molecule has 2 aliphatic rings. The minimum Gasteiger partial charge on any atom is -0.496 e. The molecule has 5 nitrogen and oxygen atoms in total. The fraction of sp³-hybridized carbons (Fsp3) is 0.440. The predicted octanol–water partition coefficient (Wildman–Crippen LogP) is 5.00. The standard InChI is InChI=1S/C25H29NO4/c1-30-22-14-8-13-19(17-9-4-2-5-10-17)23(22)24(27)26-20(15-16-21(26)25(28)29)18-11-6-3-7-12-18/h2,4-5,8-10,13-14,18,20-21H,3,6-7,11-12,15-16H2,1H3,(H,28,29). The van der Waals surface area contributed by atoms with Crippen molar-refractivity contribution in [2.45, 2.75) is 57.0 Å². The highest BCUT2D eigenvalue weighted by Crippen LogP contribution is 2.40. The maximum Gasteiger partial charge on any atom is 0.326 e. The number of carboxylic acid groups (broad SMARTS) is 1. The van der Waals surface area contributed by atoms with E-state index in [4.69, 9.17) is 4.74 Å². The maximum atomic E-state index is 14.0. The van der Waals surface area contributed by atoms with Crippen LogP contribution in [0.3, 0.4) is 0 Å². The molecule has 1 amide bonds. The van der Waals surface area contributed by atoms with Crippen LogP contribution < -0.4 is 4.74 Å². The molecular formula is C25H29NO4. The summed E-state index contributed by atoms with van der Waals surface area (Å²) in [6.07, 6.45) is 6.94. The zero-order valence-electron chi connectivity index (χ0n) is 17.4. The fourth-order valence-electron chi connectivity index (χ4n) is 5.26. The normalized spacial score (nSPS) is 22.1. The van der Waals surface area contributed by atoms with Gasteiger partial charge in [-0.1, -0.05) is 61.7 Å². The molecule has 2 aromatic rings. The number of amides is 1. The van der Waals surface area contributed by atoms with E-state index in [0.717, 1.165) is 43.2 Å². The molecular weight excluding hydrogens is 378 g/mol. The minimum atomic E-state index is -0.919. The predicted molar refractivity (Wildman–Crippen MR) is 116 cm³/mol. The monoisotopic (exact) mass is 407 g/mol. The van der Waals surface area contributed by atoms with Crippen LogP contribution in [0.25, 0.3) is 11.1 Å². The lowest BCUT2D eigenvalue weighted by molar-refractivity contribution is -0.142. The quantitative estimate of drug-likeness (QED) is 0.757. The lowest BCUT2D eigenvalue weighted by Crippen LogP contribution is -2.48. The number of benzene rings is 2. The Bertz CT molecular complexity index is 905. The van der Waals surface area contributed by atoms with Gasteiger partial charge in [-0.25, -0.2) is 4.79 Å². The maximum absolute atomic E-state index is 14.0. The fourth-order valence-corrected chi connectivity index (χ4v) is 5.26. The molecule has 1 aliphatic heterocycles. The molecule has 0 bridgehead atoms. The molecule has 5 heteroatoms. The van der Waals surface area contributed by atoms with E-state index in [-0.39, 0.29) is 11.9 Å². The smallest absolute Gasteiger partial charge is 0.326 e. The van der Waals surface area contributed by atoms with Gasteiger partial charge in [-0.05, 0) is 48.8 Å². The van der Waals surface area contributed by atoms with E-state index < -0.39 is 12.0 Å². The Morgan fingerprint density at radius 3 is 2.33 bits per heavy atom. The third-order valence-electron chi connectivity index (χ3n) is 6.69.